The van der Waals surface area contributed by atoms with Crippen molar-refractivity contribution in [3.8, 4) is 0 Å². The van der Waals surface area contributed by atoms with Crippen LogP contribution in [0.4, 0.5) is 15.9 Å². The Morgan fingerprint density at radius 2 is 2.03 bits per heavy atom. The molecule has 2 aliphatic heterocycles. The SMILES string of the molecule is Cc1ccc(N2CC(C(=O)Nc3cc(C)nn3C3CCS(=O)(=O)C3)CC2=O)c(F)c1. The third-order valence-corrected chi connectivity index (χ3v) is 7.30. The van der Waals surface area contributed by atoms with E-state index in [1.54, 1.807) is 36.7 Å². The van der Waals surface area contributed by atoms with E-state index in [2.05, 4.69) is 10.4 Å². The van der Waals surface area contributed by atoms with Crippen molar-refractivity contribution < 1.29 is 22.4 Å². The number of anilines is 2. The molecule has 2 atom stereocenters. The molecule has 2 aliphatic rings. The number of aryl methyl sites for hydroxylation is 2. The van der Waals surface area contributed by atoms with Crippen molar-refractivity contribution in [3.05, 3.63) is 41.3 Å². The molecule has 2 aromatic rings. The molecule has 0 aliphatic carbocycles. The van der Waals surface area contributed by atoms with Crippen LogP contribution in [0.15, 0.2) is 24.3 Å². The molecule has 4 rings (SSSR count). The number of carbonyl (C=O) groups excluding carboxylic acids is 2. The first-order valence-electron chi connectivity index (χ1n) is 9.77. The van der Waals surface area contributed by atoms with Crippen molar-refractivity contribution in [2.75, 3.05) is 28.3 Å². The van der Waals surface area contributed by atoms with Crippen LogP contribution in [0.25, 0.3) is 0 Å². The van der Waals surface area contributed by atoms with E-state index in [4.69, 9.17) is 0 Å². The molecule has 0 spiro atoms. The van der Waals surface area contributed by atoms with Gasteiger partial charge in [0.2, 0.25) is 11.8 Å². The van der Waals surface area contributed by atoms with Gasteiger partial charge in [0, 0.05) is 19.0 Å². The molecule has 1 aromatic carbocycles. The van der Waals surface area contributed by atoms with Crippen LogP contribution < -0.4 is 10.2 Å². The number of rotatable bonds is 4. The summed E-state index contributed by atoms with van der Waals surface area (Å²) in [5, 5.41) is 7.13. The second-order valence-electron chi connectivity index (χ2n) is 8.02. The molecule has 1 N–H and O–H groups in total. The maximum Gasteiger partial charge on any atom is 0.230 e. The molecule has 1 aromatic heterocycles. The zero-order valence-corrected chi connectivity index (χ0v) is 17.6. The Balaban J connectivity index is 1.50. The number of amides is 2. The van der Waals surface area contributed by atoms with Crippen LogP contribution in [0.1, 0.15) is 30.1 Å². The highest BCUT2D eigenvalue weighted by molar-refractivity contribution is 7.91. The van der Waals surface area contributed by atoms with Gasteiger partial charge in [-0.2, -0.15) is 5.10 Å². The number of sulfone groups is 1. The highest BCUT2D eigenvalue weighted by Gasteiger charge is 2.37. The Morgan fingerprint density at radius 1 is 1.27 bits per heavy atom. The van der Waals surface area contributed by atoms with Crippen molar-refractivity contribution in [1.29, 1.82) is 0 Å². The summed E-state index contributed by atoms with van der Waals surface area (Å²) in [6.45, 7) is 3.60. The third-order valence-electron chi connectivity index (χ3n) is 5.55. The molecule has 0 saturated carbocycles. The number of nitrogens with zero attached hydrogens (tertiary/aromatic N) is 3. The lowest BCUT2D eigenvalue weighted by Gasteiger charge is -2.18. The fourth-order valence-electron chi connectivity index (χ4n) is 4.03. The van der Waals surface area contributed by atoms with E-state index >= 15 is 0 Å². The average molecular weight is 434 g/mol. The molecule has 160 valence electrons. The zero-order valence-electron chi connectivity index (χ0n) is 16.8. The summed E-state index contributed by atoms with van der Waals surface area (Å²) in [4.78, 5) is 26.6. The van der Waals surface area contributed by atoms with Crippen molar-refractivity contribution >= 4 is 33.2 Å². The molecule has 8 nitrogen and oxygen atoms in total. The normalized spacial score (nSPS) is 23.2. The Kier molecular flexibility index (Phi) is 5.13. The van der Waals surface area contributed by atoms with E-state index in [1.807, 2.05) is 0 Å². The van der Waals surface area contributed by atoms with Crippen molar-refractivity contribution in [2.24, 2.45) is 5.92 Å². The summed E-state index contributed by atoms with van der Waals surface area (Å²) >= 11 is 0. The Morgan fingerprint density at radius 3 is 2.70 bits per heavy atom. The summed E-state index contributed by atoms with van der Waals surface area (Å²) < 4.78 is 39.5. The van der Waals surface area contributed by atoms with Gasteiger partial charge in [-0.1, -0.05) is 6.07 Å². The Hall–Kier alpha value is -2.75. The molecular weight excluding hydrogens is 411 g/mol. The number of aromatic nitrogens is 2. The van der Waals surface area contributed by atoms with Crippen LogP contribution in [-0.2, 0) is 19.4 Å². The van der Waals surface area contributed by atoms with Gasteiger partial charge in [-0.25, -0.2) is 17.5 Å². The molecule has 10 heteroatoms. The minimum atomic E-state index is -3.11. The van der Waals surface area contributed by atoms with Gasteiger partial charge in [-0.3, -0.25) is 9.59 Å². The third kappa shape index (κ3) is 3.96. The largest absolute Gasteiger partial charge is 0.311 e. The van der Waals surface area contributed by atoms with Gasteiger partial charge in [-0.05, 0) is 38.0 Å². The van der Waals surface area contributed by atoms with Crippen LogP contribution in [0.2, 0.25) is 0 Å². The maximum atomic E-state index is 14.3. The van der Waals surface area contributed by atoms with Gasteiger partial charge in [-0.15, -0.1) is 0 Å². The molecule has 0 bridgehead atoms. The number of nitrogens with one attached hydrogen (secondary N) is 1. The zero-order chi connectivity index (χ0) is 21.6. The predicted octanol–water partition coefficient (Wildman–Crippen LogP) is 1.99. The fourth-order valence-corrected chi connectivity index (χ4v) is 5.72. The highest BCUT2D eigenvalue weighted by atomic mass is 32.2. The second kappa shape index (κ2) is 7.50. The van der Waals surface area contributed by atoms with E-state index in [9.17, 15) is 22.4 Å². The van der Waals surface area contributed by atoms with Gasteiger partial charge < -0.3 is 10.2 Å². The highest BCUT2D eigenvalue weighted by Crippen LogP contribution is 2.30. The topological polar surface area (TPSA) is 101 Å². The summed E-state index contributed by atoms with van der Waals surface area (Å²) in [7, 11) is -3.11. The minimum Gasteiger partial charge on any atom is -0.311 e. The van der Waals surface area contributed by atoms with Crippen LogP contribution in [0.5, 0.6) is 0 Å². The molecule has 2 fully saturated rings. The average Bonchev–Trinajstić information content (AvgIpc) is 3.32. The minimum absolute atomic E-state index is 0.0145. The number of carbonyl (C=O) groups is 2. The van der Waals surface area contributed by atoms with E-state index in [0.29, 0.717) is 17.9 Å². The monoisotopic (exact) mass is 434 g/mol. The Labute approximate surface area is 174 Å². The Bertz CT molecular complexity index is 1130. The molecular formula is C20H23FN4O4S. The summed E-state index contributed by atoms with van der Waals surface area (Å²) in [6, 6.07) is 5.96. The number of benzene rings is 1. The predicted molar refractivity (Wildman–Crippen MR) is 109 cm³/mol. The fraction of sp³-hybridized carbons (Fsp3) is 0.450. The van der Waals surface area contributed by atoms with E-state index in [1.165, 1.54) is 11.0 Å². The summed E-state index contributed by atoms with van der Waals surface area (Å²) in [5.74, 6) is -1.34. The summed E-state index contributed by atoms with van der Waals surface area (Å²) in [5.41, 5.74) is 1.56. The lowest BCUT2D eigenvalue weighted by molar-refractivity contribution is -0.122. The van der Waals surface area contributed by atoms with Crippen LogP contribution in [-0.4, -0.2) is 48.1 Å². The number of halogens is 1. The van der Waals surface area contributed by atoms with Gasteiger partial charge in [0.25, 0.3) is 0 Å². The summed E-state index contributed by atoms with van der Waals surface area (Å²) in [6.07, 6.45) is 0.415. The molecule has 0 radical (unpaired) electrons. The van der Waals surface area contributed by atoms with Crippen molar-refractivity contribution in [3.63, 3.8) is 0 Å². The van der Waals surface area contributed by atoms with Crippen molar-refractivity contribution in [1.82, 2.24) is 9.78 Å². The molecule has 30 heavy (non-hydrogen) atoms. The van der Waals surface area contributed by atoms with Gasteiger partial charge in [0.05, 0.1) is 34.8 Å². The first-order valence-corrected chi connectivity index (χ1v) is 11.6. The van der Waals surface area contributed by atoms with Crippen LogP contribution in [0, 0.1) is 25.6 Å². The van der Waals surface area contributed by atoms with E-state index in [0.717, 1.165) is 5.56 Å². The molecule has 2 saturated heterocycles. The number of hydrogen-bond acceptors (Lipinski definition) is 5. The lowest BCUT2D eigenvalue weighted by atomic mass is 10.1. The van der Waals surface area contributed by atoms with Crippen LogP contribution in [0.3, 0.4) is 0 Å². The molecule has 3 heterocycles. The molecule has 2 amide bonds. The second-order valence-corrected chi connectivity index (χ2v) is 10.3. The van der Waals surface area contributed by atoms with Crippen LogP contribution >= 0.6 is 0 Å². The smallest absolute Gasteiger partial charge is 0.230 e. The first-order chi connectivity index (χ1) is 14.1. The van der Waals surface area contributed by atoms with Gasteiger partial charge in [0.15, 0.2) is 9.84 Å². The quantitative estimate of drug-likeness (QED) is 0.793. The standard InChI is InChI=1S/C20H23FN4O4S/c1-12-3-4-17(16(21)7-12)24-10-14(9-19(24)26)20(27)22-18-8-13(2)23-25(18)15-5-6-30(28,29)11-15/h3-4,7-8,14-15H,5-6,9-11H2,1-2H3,(H,22,27). The molecule has 2 unspecified atom stereocenters. The number of hydrogen-bond donors (Lipinski definition) is 1. The van der Waals surface area contributed by atoms with E-state index in [-0.39, 0.29) is 48.0 Å². The van der Waals surface area contributed by atoms with Gasteiger partial charge >= 0.3 is 0 Å². The lowest BCUT2D eigenvalue weighted by Crippen LogP contribution is -2.29. The van der Waals surface area contributed by atoms with Crippen molar-refractivity contribution in [2.45, 2.75) is 32.7 Å². The van der Waals surface area contributed by atoms with E-state index < -0.39 is 21.6 Å². The first kappa shape index (κ1) is 20.5. The van der Waals surface area contributed by atoms with Gasteiger partial charge in [0.1, 0.15) is 11.6 Å². The maximum absolute atomic E-state index is 14.3.